The van der Waals surface area contributed by atoms with Crippen molar-refractivity contribution in [2.45, 2.75) is 6.42 Å². The van der Waals surface area contributed by atoms with Crippen LogP contribution in [-0.2, 0) is 0 Å². The van der Waals surface area contributed by atoms with Gasteiger partial charge in [0.05, 0.1) is 23.6 Å². The quantitative estimate of drug-likeness (QED) is 0.693. The summed E-state index contributed by atoms with van der Waals surface area (Å²) < 4.78 is 0. The molecule has 1 aromatic carbocycles. The van der Waals surface area contributed by atoms with E-state index in [-0.39, 0.29) is 24.8 Å². The predicted molar refractivity (Wildman–Crippen MR) is 110 cm³/mol. The Morgan fingerprint density at radius 3 is 2.77 bits per heavy atom. The lowest BCUT2D eigenvalue weighted by Crippen LogP contribution is -2.30. The number of nitrogens with zero attached hydrogens (tertiary/aromatic N) is 5. The molecule has 0 bridgehead atoms. The maximum Gasteiger partial charge on any atom is 0.172 e. The normalized spacial score (nSPS) is 15.2. The molecule has 3 N–H and O–H groups in total. The third kappa shape index (κ3) is 4.00. The first-order chi connectivity index (χ1) is 11.7. The van der Waals surface area contributed by atoms with E-state index in [1.54, 1.807) is 6.20 Å². The molecule has 140 valence electrons. The Balaban J connectivity index is 0.00000121. The second kappa shape index (κ2) is 8.53. The number of likely N-dealkylation sites (N-methyl/N-ethyl adjacent to an activating group) is 1. The second-order valence-corrected chi connectivity index (χ2v) is 6.28. The Morgan fingerprint density at radius 1 is 1.08 bits per heavy atom. The lowest BCUT2D eigenvalue weighted by Gasteiger charge is -2.23. The maximum absolute atomic E-state index is 6.11. The molecule has 0 saturated carbocycles. The zero-order chi connectivity index (χ0) is 16.5. The fraction of sp³-hybridized carbons (Fsp3) is 0.353. The third-order valence-electron chi connectivity index (χ3n) is 4.54. The van der Waals surface area contributed by atoms with Gasteiger partial charge in [-0.1, -0.05) is 12.1 Å². The minimum Gasteiger partial charge on any atom is -0.381 e. The van der Waals surface area contributed by atoms with Gasteiger partial charge in [-0.25, -0.2) is 9.97 Å². The zero-order valence-corrected chi connectivity index (χ0v) is 16.2. The van der Waals surface area contributed by atoms with Crippen LogP contribution in [0.15, 0.2) is 30.6 Å². The fourth-order valence-corrected chi connectivity index (χ4v) is 3.12. The minimum atomic E-state index is 0. The molecule has 3 heterocycles. The smallest absolute Gasteiger partial charge is 0.172 e. The number of nitrogens with one attached hydrogen (secondary N) is 1. The molecule has 1 aliphatic heterocycles. The van der Waals surface area contributed by atoms with Gasteiger partial charge in [0.1, 0.15) is 0 Å². The number of aromatic nitrogens is 4. The molecule has 4 rings (SSSR count). The van der Waals surface area contributed by atoms with Crippen LogP contribution >= 0.6 is 24.8 Å². The number of aromatic amines is 1. The number of anilines is 2. The van der Waals surface area contributed by atoms with E-state index in [1.165, 1.54) is 0 Å². The average molecular weight is 396 g/mol. The van der Waals surface area contributed by atoms with Crippen molar-refractivity contribution in [2.75, 3.05) is 43.9 Å². The monoisotopic (exact) mass is 395 g/mol. The van der Waals surface area contributed by atoms with Gasteiger partial charge in [-0.2, -0.15) is 5.10 Å². The van der Waals surface area contributed by atoms with Crippen molar-refractivity contribution >= 4 is 47.4 Å². The zero-order valence-electron chi connectivity index (χ0n) is 14.6. The van der Waals surface area contributed by atoms with E-state index in [0.29, 0.717) is 5.82 Å². The fourth-order valence-electron chi connectivity index (χ4n) is 3.12. The summed E-state index contributed by atoms with van der Waals surface area (Å²) in [5.41, 5.74) is 8.94. The Labute approximate surface area is 164 Å². The minimum absolute atomic E-state index is 0. The SMILES string of the molecule is CN1CCCN(c2nc(-c3ccc4cn[nH]c4c3)cnc2N)CC1.Cl.Cl. The molecule has 0 spiro atoms. The van der Waals surface area contributed by atoms with Crippen molar-refractivity contribution in [3.8, 4) is 11.3 Å². The van der Waals surface area contributed by atoms with Crippen molar-refractivity contribution in [1.82, 2.24) is 25.1 Å². The molecule has 9 heteroatoms. The molecule has 0 unspecified atom stereocenters. The van der Waals surface area contributed by atoms with E-state index < -0.39 is 0 Å². The van der Waals surface area contributed by atoms with E-state index in [4.69, 9.17) is 10.7 Å². The van der Waals surface area contributed by atoms with E-state index in [9.17, 15) is 0 Å². The number of H-pyrrole nitrogens is 1. The summed E-state index contributed by atoms with van der Waals surface area (Å²) in [5.74, 6) is 1.28. The molecule has 0 aliphatic carbocycles. The molecule has 3 aromatic rings. The highest BCUT2D eigenvalue weighted by Crippen LogP contribution is 2.26. The number of hydrogen-bond acceptors (Lipinski definition) is 6. The molecule has 2 aromatic heterocycles. The predicted octanol–water partition coefficient (Wildman–Crippen LogP) is 2.59. The second-order valence-electron chi connectivity index (χ2n) is 6.28. The molecule has 1 saturated heterocycles. The molecule has 0 amide bonds. The van der Waals surface area contributed by atoms with Gasteiger partial charge < -0.3 is 15.5 Å². The van der Waals surface area contributed by atoms with Gasteiger partial charge in [0, 0.05) is 30.6 Å². The van der Waals surface area contributed by atoms with Gasteiger partial charge in [-0.15, -0.1) is 24.8 Å². The van der Waals surface area contributed by atoms with Gasteiger partial charge in [-0.3, -0.25) is 5.10 Å². The number of nitrogens with two attached hydrogens (primary N) is 1. The summed E-state index contributed by atoms with van der Waals surface area (Å²) in [6.45, 7) is 3.97. The molecule has 0 radical (unpaired) electrons. The van der Waals surface area contributed by atoms with Crippen molar-refractivity contribution in [3.05, 3.63) is 30.6 Å². The first kappa shape index (κ1) is 20.2. The molecular weight excluding hydrogens is 373 g/mol. The first-order valence-electron chi connectivity index (χ1n) is 8.20. The van der Waals surface area contributed by atoms with Crippen molar-refractivity contribution in [1.29, 1.82) is 0 Å². The molecule has 1 aliphatic rings. The van der Waals surface area contributed by atoms with Crippen LogP contribution in [0.3, 0.4) is 0 Å². The van der Waals surface area contributed by atoms with Gasteiger partial charge in [-0.05, 0) is 26.1 Å². The summed E-state index contributed by atoms with van der Waals surface area (Å²) in [4.78, 5) is 13.8. The van der Waals surface area contributed by atoms with E-state index in [2.05, 4.69) is 32.0 Å². The van der Waals surface area contributed by atoms with Crippen LogP contribution in [0.4, 0.5) is 11.6 Å². The number of benzene rings is 1. The van der Waals surface area contributed by atoms with Crippen LogP contribution in [0.1, 0.15) is 6.42 Å². The number of fused-ring (bicyclic) bond motifs is 1. The average Bonchev–Trinajstić information content (AvgIpc) is 2.96. The van der Waals surface area contributed by atoms with Crippen LogP contribution in [0.2, 0.25) is 0 Å². The highest BCUT2D eigenvalue weighted by molar-refractivity contribution is 5.85. The molecular formula is C17H23Cl2N7. The molecule has 0 atom stereocenters. The van der Waals surface area contributed by atoms with E-state index in [1.807, 2.05) is 24.4 Å². The van der Waals surface area contributed by atoms with Crippen LogP contribution in [0.25, 0.3) is 22.2 Å². The van der Waals surface area contributed by atoms with Crippen LogP contribution in [-0.4, -0.2) is 58.3 Å². The van der Waals surface area contributed by atoms with Gasteiger partial charge in [0.25, 0.3) is 0 Å². The Bertz CT molecular complexity index is 867. The van der Waals surface area contributed by atoms with Gasteiger partial charge in [0.15, 0.2) is 11.6 Å². The third-order valence-corrected chi connectivity index (χ3v) is 4.54. The number of halogens is 2. The van der Waals surface area contributed by atoms with E-state index in [0.717, 1.165) is 60.6 Å². The number of nitrogen functional groups attached to an aromatic ring is 1. The first-order valence-corrected chi connectivity index (χ1v) is 8.20. The van der Waals surface area contributed by atoms with E-state index >= 15 is 0 Å². The standard InChI is InChI=1S/C17H21N7.2ClH/c1-23-5-2-6-24(8-7-23)17-16(18)19-11-15(21-17)12-3-4-13-10-20-22-14(13)9-12;;/h3-4,9-11H,2,5-8H2,1H3,(H2,18,19)(H,20,22);2*1H. The highest BCUT2D eigenvalue weighted by Gasteiger charge is 2.17. The number of hydrogen-bond donors (Lipinski definition) is 2. The van der Waals surface area contributed by atoms with Crippen molar-refractivity contribution in [2.24, 2.45) is 0 Å². The lowest BCUT2D eigenvalue weighted by atomic mass is 10.1. The molecule has 26 heavy (non-hydrogen) atoms. The highest BCUT2D eigenvalue weighted by atomic mass is 35.5. The maximum atomic E-state index is 6.11. The van der Waals surface area contributed by atoms with Gasteiger partial charge >= 0.3 is 0 Å². The molecule has 7 nitrogen and oxygen atoms in total. The summed E-state index contributed by atoms with van der Waals surface area (Å²) >= 11 is 0. The summed E-state index contributed by atoms with van der Waals surface area (Å²) in [5, 5.41) is 8.14. The van der Waals surface area contributed by atoms with Crippen molar-refractivity contribution < 1.29 is 0 Å². The van der Waals surface area contributed by atoms with Crippen molar-refractivity contribution in [3.63, 3.8) is 0 Å². The topological polar surface area (TPSA) is 87.0 Å². The lowest BCUT2D eigenvalue weighted by molar-refractivity contribution is 0.360. The molecule has 1 fully saturated rings. The van der Waals surface area contributed by atoms with Crippen LogP contribution in [0.5, 0.6) is 0 Å². The largest absolute Gasteiger partial charge is 0.381 e. The Morgan fingerprint density at radius 2 is 1.92 bits per heavy atom. The number of rotatable bonds is 2. The van der Waals surface area contributed by atoms with Gasteiger partial charge in [0.2, 0.25) is 0 Å². The summed E-state index contributed by atoms with van der Waals surface area (Å²) in [7, 11) is 2.15. The van der Waals surface area contributed by atoms with Crippen LogP contribution < -0.4 is 10.6 Å². The Hall–Kier alpha value is -2.09. The summed E-state index contributed by atoms with van der Waals surface area (Å²) in [6, 6.07) is 6.12. The van der Waals surface area contributed by atoms with Crippen LogP contribution in [0, 0.1) is 0 Å². The summed E-state index contributed by atoms with van der Waals surface area (Å²) in [6.07, 6.45) is 4.65. The Kier molecular flexibility index (Phi) is 6.63.